The van der Waals surface area contributed by atoms with E-state index in [0.717, 1.165) is 21.7 Å². The third-order valence-electron chi connectivity index (χ3n) is 4.13. The molecular weight excluding hydrogens is 438 g/mol. The molecule has 0 fully saturated rings. The highest BCUT2D eigenvalue weighted by Crippen LogP contribution is 2.28. The molecule has 1 N–H and O–H groups in total. The van der Waals surface area contributed by atoms with Crippen LogP contribution in [0.25, 0.3) is 0 Å². The lowest BCUT2D eigenvalue weighted by atomic mass is 10.1. The second-order valence-corrected chi connectivity index (χ2v) is 8.78. The number of sulfonamides is 1. The maximum absolute atomic E-state index is 12.3. The zero-order valence-corrected chi connectivity index (χ0v) is 19.2. The van der Waals surface area contributed by atoms with Crippen molar-refractivity contribution in [3.8, 4) is 11.5 Å². The quantitative estimate of drug-likeness (QED) is 0.276. The van der Waals surface area contributed by atoms with E-state index in [4.69, 9.17) is 9.47 Å². The van der Waals surface area contributed by atoms with Gasteiger partial charge >= 0.3 is 6.16 Å². The Morgan fingerprint density at radius 3 is 2.28 bits per heavy atom. The zero-order valence-electron chi connectivity index (χ0n) is 18.4. The SMILES string of the molecule is COC(=O)Oc1ccc(/C=N\NC(=O)CN(c2cc(C)cc(C)c2)S(C)(=O)=O)cc1OC. The van der Waals surface area contributed by atoms with Gasteiger partial charge < -0.3 is 14.2 Å². The third kappa shape index (κ3) is 6.98. The molecule has 10 nitrogen and oxygen atoms in total. The largest absolute Gasteiger partial charge is 0.513 e. The molecule has 0 spiro atoms. The number of amides is 1. The Balaban J connectivity index is 2.11. The first-order valence-corrected chi connectivity index (χ1v) is 11.2. The summed E-state index contributed by atoms with van der Waals surface area (Å²) in [5.74, 6) is -0.218. The summed E-state index contributed by atoms with van der Waals surface area (Å²) in [5, 5.41) is 3.85. The molecule has 0 aliphatic heterocycles. The van der Waals surface area contributed by atoms with E-state index in [9.17, 15) is 18.0 Å². The van der Waals surface area contributed by atoms with Crippen molar-refractivity contribution in [1.82, 2.24) is 5.43 Å². The smallest absolute Gasteiger partial charge is 0.493 e. The lowest BCUT2D eigenvalue weighted by Crippen LogP contribution is -2.39. The number of benzene rings is 2. The van der Waals surface area contributed by atoms with Crippen LogP contribution in [0.3, 0.4) is 0 Å². The van der Waals surface area contributed by atoms with Gasteiger partial charge in [0.2, 0.25) is 10.0 Å². The minimum Gasteiger partial charge on any atom is -0.493 e. The van der Waals surface area contributed by atoms with Crippen molar-refractivity contribution >= 4 is 34.0 Å². The second kappa shape index (κ2) is 10.6. The summed E-state index contributed by atoms with van der Waals surface area (Å²) >= 11 is 0. The van der Waals surface area contributed by atoms with Crippen LogP contribution in [0.4, 0.5) is 10.5 Å². The van der Waals surface area contributed by atoms with E-state index in [1.165, 1.54) is 32.6 Å². The highest BCUT2D eigenvalue weighted by Gasteiger charge is 2.21. The van der Waals surface area contributed by atoms with Crippen molar-refractivity contribution in [2.45, 2.75) is 13.8 Å². The summed E-state index contributed by atoms with van der Waals surface area (Å²) in [4.78, 5) is 23.6. The van der Waals surface area contributed by atoms with Crippen LogP contribution < -0.4 is 19.2 Å². The summed E-state index contributed by atoms with van der Waals surface area (Å²) in [6, 6.07) is 9.87. The van der Waals surface area contributed by atoms with E-state index in [1.54, 1.807) is 18.2 Å². The van der Waals surface area contributed by atoms with Crippen LogP contribution in [0.1, 0.15) is 16.7 Å². The molecule has 0 saturated carbocycles. The van der Waals surface area contributed by atoms with Gasteiger partial charge in [0.25, 0.3) is 5.91 Å². The molecule has 0 atom stereocenters. The molecule has 0 radical (unpaired) electrons. The first kappa shape index (κ1) is 24.7. The fourth-order valence-electron chi connectivity index (χ4n) is 2.82. The Morgan fingerprint density at radius 1 is 1.06 bits per heavy atom. The van der Waals surface area contributed by atoms with Crippen molar-refractivity contribution < 1.29 is 32.2 Å². The molecule has 2 aromatic carbocycles. The lowest BCUT2D eigenvalue weighted by molar-refractivity contribution is -0.119. The molecule has 0 bridgehead atoms. The van der Waals surface area contributed by atoms with Crippen LogP contribution in [0, 0.1) is 13.8 Å². The molecule has 0 aliphatic carbocycles. The van der Waals surface area contributed by atoms with Gasteiger partial charge in [-0.25, -0.2) is 18.6 Å². The van der Waals surface area contributed by atoms with Gasteiger partial charge in [-0.15, -0.1) is 0 Å². The number of nitrogens with zero attached hydrogens (tertiary/aromatic N) is 2. The van der Waals surface area contributed by atoms with Crippen LogP contribution >= 0.6 is 0 Å². The van der Waals surface area contributed by atoms with Crippen molar-refractivity contribution in [3.05, 3.63) is 53.1 Å². The van der Waals surface area contributed by atoms with Gasteiger partial charge in [-0.3, -0.25) is 9.10 Å². The Hall–Kier alpha value is -3.60. The molecule has 32 heavy (non-hydrogen) atoms. The van der Waals surface area contributed by atoms with Gasteiger partial charge in [-0.1, -0.05) is 6.07 Å². The van der Waals surface area contributed by atoms with Gasteiger partial charge in [0.15, 0.2) is 11.5 Å². The van der Waals surface area contributed by atoms with E-state index in [2.05, 4.69) is 15.3 Å². The van der Waals surface area contributed by atoms with Gasteiger partial charge in [-0.2, -0.15) is 5.10 Å². The Kier molecular flexibility index (Phi) is 8.19. The van der Waals surface area contributed by atoms with E-state index >= 15 is 0 Å². The molecule has 2 aromatic rings. The standard InChI is InChI=1S/C21H25N3O7S/c1-14-8-15(2)10-17(9-14)24(32(5,27)28)13-20(25)23-22-12-16-6-7-18(19(11-16)29-3)31-21(26)30-4/h6-12H,13H2,1-5H3,(H,23,25)/b22-12-. The number of ether oxygens (including phenoxy) is 3. The number of carbonyl (C=O) groups is 2. The number of rotatable bonds is 8. The van der Waals surface area contributed by atoms with Gasteiger partial charge in [0.05, 0.1) is 32.4 Å². The minimum atomic E-state index is -3.70. The molecule has 0 aromatic heterocycles. The van der Waals surface area contributed by atoms with Gasteiger partial charge in [-0.05, 0) is 60.9 Å². The number of carbonyl (C=O) groups excluding carboxylic acids is 2. The van der Waals surface area contributed by atoms with Crippen molar-refractivity contribution in [3.63, 3.8) is 0 Å². The first-order valence-electron chi connectivity index (χ1n) is 9.35. The average Bonchev–Trinajstić information content (AvgIpc) is 2.71. The van der Waals surface area contributed by atoms with Crippen molar-refractivity contribution in [2.24, 2.45) is 5.10 Å². The number of hydrazone groups is 1. The van der Waals surface area contributed by atoms with Crippen LogP contribution in [0.2, 0.25) is 0 Å². The summed E-state index contributed by atoms with van der Waals surface area (Å²) in [5.41, 5.74) is 4.99. The van der Waals surface area contributed by atoms with Crippen LogP contribution in [0.15, 0.2) is 41.5 Å². The van der Waals surface area contributed by atoms with Crippen molar-refractivity contribution in [1.29, 1.82) is 0 Å². The Morgan fingerprint density at radius 2 is 1.72 bits per heavy atom. The predicted octanol–water partition coefficient (Wildman–Crippen LogP) is 2.37. The molecule has 0 aliphatic rings. The Labute approximate surface area is 186 Å². The molecule has 1 amide bonds. The highest BCUT2D eigenvalue weighted by atomic mass is 32.2. The summed E-state index contributed by atoms with van der Waals surface area (Å²) in [6.07, 6.45) is 1.48. The normalized spacial score (nSPS) is 11.2. The fourth-order valence-corrected chi connectivity index (χ4v) is 3.66. The molecular formula is C21H25N3O7S. The first-order chi connectivity index (χ1) is 15.0. The number of nitrogens with one attached hydrogen (secondary N) is 1. The summed E-state index contributed by atoms with van der Waals surface area (Å²) < 4.78 is 40.0. The Bertz CT molecular complexity index is 1110. The fraction of sp³-hybridized carbons (Fsp3) is 0.286. The van der Waals surface area contributed by atoms with Gasteiger partial charge in [0, 0.05) is 0 Å². The molecule has 11 heteroatoms. The summed E-state index contributed by atoms with van der Waals surface area (Å²) in [7, 11) is -1.12. The number of methoxy groups -OCH3 is 2. The molecule has 0 saturated heterocycles. The van der Waals surface area contributed by atoms with E-state index in [-0.39, 0.29) is 11.5 Å². The zero-order chi connectivity index (χ0) is 23.9. The van der Waals surface area contributed by atoms with Crippen LogP contribution in [-0.2, 0) is 19.6 Å². The number of anilines is 1. The maximum atomic E-state index is 12.3. The minimum absolute atomic E-state index is 0.151. The topological polar surface area (TPSA) is 124 Å². The monoisotopic (exact) mass is 463 g/mol. The number of aryl methyl sites for hydroxylation is 2. The highest BCUT2D eigenvalue weighted by molar-refractivity contribution is 7.92. The maximum Gasteiger partial charge on any atom is 0.513 e. The van der Waals surface area contributed by atoms with Crippen LogP contribution in [0.5, 0.6) is 11.5 Å². The third-order valence-corrected chi connectivity index (χ3v) is 5.27. The number of hydrogen-bond donors (Lipinski definition) is 1. The van der Waals surface area contributed by atoms with Gasteiger partial charge in [0.1, 0.15) is 6.54 Å². The molecule has 0 heterocycles. The molecule has 0 unspecified atom stereocenters. The van der Waals surface area contributed by atoms with E-state index < -0.39 is 28.6 Å². The lowest BCUT2D eigenvalue weighted by Gasteiger charge is -2.22. The number of hydrogen-bond acceptors (Lipinski definition) is 8. The molecule has 172 valence electrons. The predicted molar refractivity (Wildman–Crippen MR) is 120 cm³/mol. The van der Waals surface area contributed by atoms with E-state index in [1.807, 2.05) is 19.9 Å². The second-order valence-electron chi connectivity index (χ2n) is 6.88. The van der Waals surface area contributed by atoms with E-state index in [0.29, 0.717) is 11.3 Å². The van der Waals surface area contributed by atoms with Crippen LogP contribution in [-0.4, -0.2) is 53.7 Å². The summed E-state index contributed by atoms with van der Waals surface area (Å²) in [6.45, 7) is 3.25. The average molecular weight is 464 g/mol. The molecule has 2 rings (SSSR count). The van der Waals surface area contributed by atoms with Crippen molar-refractivity contribution in [2.75, 3.05) is 31.3 Å².